The van der Waals surface area contributed by atoms with E-state index in [9.17, 15) is 35.1 Å². The van der Waals surface area contributed by atoms with Gasteiger partial charge >= 0.3 is 12.4 Å². The van der Waals surface area contributed by atoms with Crippen LogP contribution >= 0.6 is 0 Å². The molecular formula is C18H12F8N2O3. The Kier molecular flexibility index (Phi) is 10.8. The molecule has 0 fully saturated rings. The van der Waals surface area contributed by atoms with Crippen molar-refractivity contribution in [1.29, 1.82) is 10.5 Å². The molecule has 31 heavy (non-hydrogen) atoms. The summed E-state index contributed by atoms with van der Waals surface area (Å²) < 4.78 is 96.1. The average Bonchev–Trinajstić information content (AvgIpc) is 2.66. The summed E-state index contributed by atoms with van der Waals surface area (Å²) >= 11 is 0. The van der Waals surface area contributed by atoms with Gasteiger partial charge in [0.05, 0.1) is 11.1 Å². The summed E-state index contributed by atoms with van der Waals surface area (Å²) in [6, 6.07) is 9.33. The van der Waals surface area contributed by atoms with E-state index in [4.69, 9.17) is 20.7 Å². The largest absolute Gasteiger partial charge is 0.506 e. The SMILES string of the molecule is N#Cc1ccc(F)cc1O.N#Cc1ccc(F)cc1OCC(F)(F)F.OCC(F)(F)F. The quantitative estimate of drug-likeness (QED) is 0.645. The van der Waals surface area contributed by atoms with Crippen molar-refractivity contribution in [2.24, 2.45) is 0 Å². The number of nitriles is 2. The van der Waals surface area contributed by atoms with Crippen LogP contribution in [0.1, 0.15) is 11.1 Å². The Morgan fingerprint density at radius 2 is 1.26 bits per heavy atom. The van der Waals surface area contributed by atoms with Crippen LogP contribution in [0.3, 0.4) is 0 Å². The standard InChI is InChI=1S/C9H5F4NO.C7H4FNO.C2H3F3O/c10-7-2-1-6(4-14)8(3-7)15-5-9(11,12)13;8-6-2-1-5(4-9)7(10)3-6;3-2(4,5)1-6/h1-3H,5H2;1-3,10H;6H,1H2. The van der Waals surface area contributed by atoms with Crippen molar-refractivity contribution < 1.29 is 50.1 Å². The van der Waals surface area contributed by atoms with Crippen molar-refractivity contribution in [3.8, 4) is 23.6 Å². The lowest BCUT2D eigenvalue weighted by molar-refractivity contribution is -0.159. The molecule has 2 rings (SSSR count). The highest BCUT2D eigenvalue weighted by molar-refractivity contribution is 5.43. The lowest BCUT2D eigenvalue weighted by Gasteiger charge is -2.09. The van der Waals surface area contributed by atoms with Crippen LogP contribution in [0.25, 0.3) is 0 Å². The van der Waals surface area contributed by atoms with Crippen molar-refractivity contribution in [2.45, 2.75) is 12.4 Å². The molecular weight excluding hydrogens is 444 g/mol. The molecule has 2 aromatic rings. The molecule has 2 N–H and O–H groups in total. The van der Waals surface area contributed by atoms with E-state index in [0.717, 1.165) is 30.3 Å². The van der Waals surface area contributed by atoms with Gasteiger partial charge in [0.1, 0.15) is 41.9 Å². The number of halogens is 8. The zero-order valence-corrected chi connectivity index (χ0v) is 15.1. The Labute approximate surface area is 170 Å². The zero-order valence-electron chi connectivity index (χ0n) is 15.1. The highest BCUT2D eigenvalue weighted by Crippen LogP contribution is 2.22. The van der Waals surface area contributed by atoms with E-state index in [1.54, 1.807) is 12.1 Å². The van der Waals surface area contributed by atoms with Crippen LogP contribution in [0.5, 0.6) is 11.5 Å². The number of nitrogens with zero attached hydrogens (tertiary/aromatic N) is 2. The summed E-state index contributed by atoms with van der Waals surface area (Å²) in [5, 5.41) is 32.9. The number of phenols is 1. The molecule has 13 heteroatoms. The second-order valence-electron chi connectivity index (χ2n) is 5.20. The molecule has 0 aliphatic rings. The van der Waals surface area contributed by atoms with Crippen LogP contribution in [0.15, 0.2) is 36.4 Å². The zero-order chi connectivity index (χ0) is 24.2. The summed E-state index contributed by atoms with van der Waals surface area (Å²) in [6.07, 6.45) is -8.92. The number of ether oxygens (including phenoxy) is 1. The summed E-state index contributed by atoms with van der Waals surface area (Å²) in [5.41, 5.74) is -0.0537. The van der Waals surface area contributed by atoms with Crippen LogP contribution in [0, 0.1) is 34.3 Å². The third-order valence-corrected chi connectivity index (χ3v) is 2.71. The minimum atomic E-state index is -4.51. The lowest BCUT2D eigenvalue weighted by Crippen LogP contribution is -2.19. The first kappa shape index (κ1) is 27.4. The number of benzene rings is 2. The molecule has 0 saturated heterocycles. The number of alkyl halides is 6. The Bertz CT molecular complexity index is 931. The molecule has 0 saturated carbocycles. The monoisotopic (exact) mass is 456 g/mol. The van der Waals surface area contributed by atoms with Gasteiger partial charge < -0.3 is 14.9 Å². The van der Waals surface area contributed by atoms with Gasteiger partial charge in [0, 0.05) is 12.1 Å². The highest BCUT2D eigenvalue weighted by atomic mass is 19.4. The first-order valence-electron chi connectivity index (χ1n) is 7.67. The van der Waals surface area contributed by atoms with Crippen LogP contribution in [-0.4, -0.2) is 35.8 Å². The van der Waals surface area contributed by atoms with Gasteiger partial charge in [-0.25, -0.2) is 8.78 Å². The Hall–Kier alpha value is -3.58. The van der Waals surface area contributed by atoms with Crippen molar-refractivity contribution in [3.63, 3.8) is 0 Å². The van der Waals surface area contributed by atoms with E-state index in [1.165, 1.54) is 6.07 Å². The van der Waals surface area contributed by atoms with Gasteiger partial charge in [0.2, 0.25) is 0 Å². The maximum Gasteiger partial charge on any atom is 0.422 e. The molecule has 0 aliphatic heterocycles. The van der Waals surface area contributed by atoms with Crippen molar-refractivity contribution >= 4 is 0 Å². The number of phenolic OH excluding ortho intramolecular Hbond substituents is 1. The summed E-state index contributed by atoms with van der Waals surface area (Å²) in [4.78, 5) is 0. The summed E-state index contributed by atoms with van der Waals surface area (Å²) in [7, 11) is 0. The van der Waals surface area contributed by atoms with Crippen molar-refractivity contribution in [3.05, 3.63) is 59.2 Å². The molecule has 0 amide bonds. The van der Waals surface area contributed by atoms with E-state index < -0.39 is 43.0 Å². The van der Waals surface area contributed by atoms with Gasteiger partial charge in [-0.1, -0.05) is 0 Å². The molecule has 0 aromatic heterocycles. The number of aliphatic hydroxyl groups is 1. The van der Waals surface area contributed by atoms with Gasteiger partial charge in [-0.05, 0) is 24.3 Å². The molecule has 2 aromatic carbocycles. The van der Waals surface area contributed by atoms with Gasteiger partial charge in [0.15, 0.2) is 6.61 Å². The van der Waals surface area contributed by atoms with Crippen LogP contribution in [0.2, 0.25) is 0 Å². The molecule has 0 aliphatic carbocycles. The van der Waals surface area contributed by atoms with E-state index in [2.05, 4.69) is 4.74 Å². The van der Waals surface area contributed by atoms with E-state index in [0.29, 0.717) is 0 Å². The van der Waals surface area contributed by atoms with Gasteiger partial charge in [-0.3, -0.25) is 0 Å². The Morgan fingerprint density at radius 3 is 1.65 bits per heavy atom. The normalized spacial score (nSPS) is 10.4. The fourth-order valence-corrected chi connectivity index (χ4v) is 1.47. The van der Waals surface area contributed by atoms with Gasteiger partial charge in [-0.2, -0.15) is 36.9 Å². The summed E-state index contributed by atoms with van der Waals surface area (Å²) in [6.45, 7) is -3.28. The molecule has 168 valence electrons. The lowest BCUT2D eigenvalue weighted by atomic mass is 10.2. The molecule has 5 nitrogen and oxygen atoms in total. The average molecular weight is 456 g/mol. The van der Waals surface area contributed by atoms with Gasteiger partial charge in [0.25, 0.3) is 0 Å². The predicted octanol–water partition coefficient (Wildman–Crippen LogP) is 4.58. The molecule has 0 spiro atoms. The van der Waals surface area contributed by atoms with E-state index in [-0.39, 0.29) is 16.9 Å². The van der Waals surface area contributed by atoms with E-state index in [1.807, 2.05) is 0 Å². The minimum Gasteiger partial charge on any atom is -0.506 e. The third-order valence-electron chi connectivity index (χ3n) is 2.71. The Morgan fingerprint density at radius 1 is 0.806 bits per heavy atom. The molecule has 0 unspecified atom stereocenters. The number of aliphatic hydroxyl groups excluding tert-OH is 1. The van der Waals surface area contributed by atoms with Crippen molar-refractivity contribution in [1.82, 2.24) is 0 Å². The first-order chi connectivity index (χ1) is 14.2. The molecule has 0 heterocycles. The fourth-order valence-electron chi connectivity index (χ4n) is 1.47. The van der Waals surface area contributed by atoms with Crippen molar-refractivity contribution in [2.75, 3.05) is 13.2 Å². The molecule has 0 radical (unpaired) electrons. The summed E-state index contributed by atoms with van der Waals surface area (Å²) in [5.74, 6) is -2.03. The second kappa shape index (κ2) is 12.2. The van der Waals surface area contributed by atoms with E-state index >= 15 is 0 Å². The van der Waals surface area contributed by atoms with Crippen LogP contribution in [-0.2, 0) is 0 Å². The van der Waals surface area contributed by atoms with Gasteiger partial charge in [-0.15, -0.1) is 0 Å². The topological polar surface area (TPSA) is 97.3 Å². The minimum absolute atomic E-state index is 0.0846. The maximum atomic E-state index is 12.6. The first-order valence-corrected chi connectivity index (χ1v) is 7.67. The molecule has 0 atom stereocenters. The smallest absolute Gasteiger partial charge is 0.422 e. The maximum absolute atomic E-state index is 12.6. The highest BCUT2D eigenvalue weighted by Gasteiger charge is 2.29. The second-order valence-corrected chi connectivity index (χ2v) is 5.20. The third kappa shape index (κ3) is 12.6. The van der Waals surface area contributed by atoms with Crippen LogP contribution in [0.4, 0.5) is 35.1 Å². The number of rotatable bonds is 2. The molecule has 0 bridgehead atoms. The Balaban J connectivity index is 0.000000484. The number of aromatic hydroxyl groups is 1. The number of hydrogen-bond acceptors (Lipinski definition) is 5. The predicted molar refractivity (Wildman–Crippen MR) is 88.6 cm³/mol. The number of hydrogen-bond donors (Lipinski definition) is 2. The van der Waals surface area contributed by atoms with Crippen LogP contribution < -0.4 is 4.74 Å². The fraction of sp³-hybridized carbons (Fsp3) is 0.222.